The molecule has 0 saturated carbocycles. The molecule has 0 aromatic heterocycles. The third-order valence-corrected chi connectivity index (χ3v) is 3.36. The molecule has 0 saturated heterocycles. The van der Waals surface area contributed by atoms with Crippen molar-refractivity contribution in [3.63, 3.8) is 0 Å². The van der Waals surface area contributed by atoms with E-state index in [2.05, 4.69) is 33.8 Å². The summed E-state index contributed by atoms with van der Waals surface area (Å²) in [6, 6.07) is 5.95. The van der Waals surface area contributed by atoms with Gasteiger partial charge in [-0.2, -0.15) is 0 Å². The molecule has 100 valence electrons. The SMILES string of the molecule is CCOC(=O)c1ccc(C(C)CC)c(C(C)C)c1. The topological polar surface area (TPSA) is 26.3 Å². The summed E-state index contributed by atoms with van der Waals surface area (Å²) in [5.41, 5.74) is 3.27. The second kappa shape index (κ2) is 6.58. The number of carbonyl (C=O) groups excluding carboxylic acids is 1. The Morgan fingerprint density at radius 1 is 1.17 bits per heavy atom. The molecule has 0 aliphatic rings. The molecule has 0 aliphatic heterocycles. The second-order valence-corrected chi connectivity index (χ2v) is 5.03. The van der Waals surface area contributed by atoms with Crippen LogP contribution in [0.2, 0.25) is 0 Å². The lowest BCUT2D eigenvalue weighted by molar-refractivity contribution is 0.0526. The van der Waals surface area contributed by atoms with E-state index in [0.717, 1.165) is 6.42 Å². The molecule has 0 spiro atoms. The standard InChI is InChI=1S/C16H24O2/c1-6-12(5)14-9-8-13(16(17)18-7-2)10-15(14)11(3)4/h8-12H,6-7H2,1-5H3. The molecule has 0 amide bonds. The molecule has 0 N–H and O–H groups in total. The first-order chi connectivity index (χ1) is 8.51. The summed E-state index contributed by atoms with van der Waals surface area (Å²) in [6.45, 7) is 11.0. The van der Waals surface area contributed by atoms with Crippen LogP contribution in [0.5, 0.6) is 0 Å². The summed E-state index contributed by atoms with van der Waals surface area (Å²) in [6.07, 6.45) is 1.11. The van der Waals surface area contributed by atoms with Crippen molar-refractivity contribution in [2.45, 2.75) is 52.9 Å². The first-order valence-electron chi connectivity index (χ1n) is 6.82. The molecule has 2 nitrogen and oxygen atoms in total. The zero-order valence-electron chi connectivity index (χ0n) is 12.1. The maximum Gasteiger partial charge on any atom is 0.338 e. The summed E-state index contributed by atoms with van der Waals surface area (Å²) in [4.78, 5) is 11.7. The second-order valence-electron chi connectivity index (χ2n) is 5.03. The van der Waals surface area contributed by atoms with Gasteiger partial charge in [0.2, 0.25) is 0 Å². The van der Waals surface area contributed by atoms with Gasteiger partial charge >= 0.3 is 5.97 Å². The fourth-order valence-electron chi connectivity index (χ4n) is 2.08. The zero-order chi connectivity index (χ0) is 13.7. The van der Waals surface area contributed by atoms with Crippen LogP contribution in [0.15, 0.2) is 18.2 Å². The summed E-state index contributed by atoms with van der Waals surface area (Å²) in [5, 5.41) is 0. The van der Waals surface area contributed by atoms with Crippen LogP contribution < -0.4 is 0 Å². The largest absolute Gasteiger partial charge is 0.462 e. The Hall–Kier alpha value is -1.31. The van der Waals surface area contributed by atoms with Gasteiger partial charge < -0.3 is 4.74 Å². The van der Waals surface area contributed by atoms with Gasteiger partial charge in [0.1, 0.15) is 0 Å². The Labute approximate surface area is 110 Å². The quantitative estimate of drug-likeness (QED) is 0.717. The third-order valence-electron chi connectivity index (χ3n) is 3.36. The Balaban J connectivity index is 3.15. The van der Waals surface area contributed by atoms with Crippen LogP contribution in [0, 0.1) is 0 Å². The summed E-state index contributed by atoms with van der Waals surface area (Å²) >= 11 is 0. The molecule has 0 aliphatic carbocycles. The highest BCUT2D eigenvalue weighted by Gasteiger charge is 2.15. The van der Waals surface area contributed by atoms with Crippen molar-refractivity contribution in [3.8, 4) is 0 Å². The third kappa shape index (κ3) is 3.34. The molecule has 1 aromatic carbocycles. The van der Waals surface area contributed by atoms with Gasteiger partial charge in [0.05, 0.1) is 12.2 Å². The molecule has 2 heteroatoms. The highest BCUT2D eigenvalue weighted by molar-refractivity contribution is 5.89. The fourth-order valence-corrected chi connectivity index (χ4v) is 2.08. The van der Waals surface area contributed by atoms with Gasteiger partial charge in [-0.3, -0.25) is 0 Å². The molecule has 0 heterocycles. The number of hydrogen-bond acceptors (Lipinski definition) is 2. The predicted octanol–water partition coefficient (Wildman–Crippen LogP) is 4.50. The minimum Gasteiger partial charge on any atom is -0.462 e. The molecule has 1 unspecified atom stereocenters. The van der Waals surface area contributed by atoms with Gasteiger partial charge in [-0.1, -0.05) is 33.8 Å². The van der Waals surface area contributed by atoms with Crippen molar-refractivity contribution in [3.05, 3.63) is 34.9 Å². The van der Waals surface area contributed by atoms with Gasteiger partial charge in [0, 0.05) is 0 Å². The van der Waals surface area contributed by atoms with Gasteiger partial charge in [-0.25, -0.2) is 4.79 Å². The van der Waals surface area contributed by atoms with E-state index in [0.29, 0.717) is 24.0 Å². The van der Waals surface area contributed by atoms with Crippen molar-refractivity contribution in [1.82, 2.24) is 0 Å². The number of esters is 1. The van der Waals surface area contributed by atoms with Gasteiger partial charge in [-0.05, 0) is 48.4 Å². The van der Waals surface area contributed by atoms with Crippen LogP contribution in [0.3, 0.4) is 0 Å². The van der Waals surface area contributed by atoms with Crippen LogP contribution in [0.1, 0.15) is 74.4 Å². The lowest BCUT2D eigenvalue weighted by Gasteiger charge is -2.18. The lowest BCUT2D eigenvalue weighted by Crippen LogP contribution is -2.08. The first-order valence-corrected chi connectivity index (χ1v) is 6.82. The van der Waals surface area contributed by atoms with Crippen LogP contribution in [-0.4, -0.2) is 12.6 Å². The highest BCUT2D eigenvalue weighted by atomic mass is 16.5. The molecular weight excluding hydrogens is 224 g/mol. The zero-order valence-corrected chi connectivity index (χ0v) is 12.1. The van der Waals surface area contributed by atoms with E-state index < -0.39 is 0 Å². The highest BCUT2D eigenvalue weighted by Crippen LogP contribution is 2.29. The Bertz CT molecular complexity index is 408. The van der Waals surface area contributed by atoms with E-state index in [4.69, 9.17) is 4.74 Å². The monoisotopic (exact) mass is 248 g/mol. The van der Waals surface area contributed by atoms with Gasteiger partial charge in [-0.15, -0.1) is 0 Å². The van der Waals surface area contributed by atoms with Crippen LogP contribution in [0.4, 0.5) is 0 Å². The molecule has 0 radical (unpaired) electrons. The van der Waals surface area contributed by atoms with E-state index >= 15 is 0 Å². The van der Waals surface area contributed by atoms with E-state index in [9.17, 15) is 4.79 Å². The van der Waals surface area contributed by atoms with E-state index in [1.165, 1.54) is 11.1 Å². The fraction of sp³-hybridized carbons (Fsp3) is 0.562. The van der Waals surface area contributed by atoms with E-state index in [1.807, 2.05) is 19.1 Å². The van der Waals surface area contributed by atoms with Crippen molar-refractivity contribution in [2.24, 2.45) is 0 Å². The minimum absolute atomic E-state index is 0.227. The summed E-state index contributed by atoms with van der Waals surface area (Å²) in [5.74, 6) is 0.720. The van der Waals surface area contributed by atoms with Crippen molar-refractivity contribution in [1.29, 1.82) is 0 Å². The number of carbonyl (C=O) groups is 1. The normalized spacial score (nSPS) is 12.6. The van der Waals surface area contributed by atoms with Crippen molar-refractivity contribution in [2.75, 3.05) is 6.61 Å². The molecule has 0 bridgehead atoms. The van der Waals surface area contributed by atoms with Crippen LogP contribution in [0.25, 0.3) is 0 Å². The average molecular weight is 248 g/mol. The first kappa shape index (κ1) is 14.7. The van der Waals surface area contributed by atoms with Crippen LogP contribution >= 0.6 is 0 Å². The maximum atomic E-state index is 11.7. The van der Waals surface area contributed by atoms with Crippen molar-refractivity contribution < 1.29 is 9.53 Å². The maximum absolute atomic E-state index is 11.7. The Morgan fingerprint density at radius 3 is 2.33 bits per heavy atom. The average Bonchev–Trinajstić information content (AvgIpc) is 2.37. The van der Waals surface area contributed by atoms with E-state index in [1.54, 1.807) is 0 Å². The molecule has 1 aromatic rings. The summed E-state index contributed by atoms with van der Waals surface area (Å²) < 4.78 is 5.05. The van der Waals surface area contributed by atoms with Gasteiger partial charge in [0.15, 0.2) is 0 Å². The molecule has 1 atom stereocenters. The number of ether oxygens (including phenoxy) is 1. The molecule has 18 heavy (non-hydrogen) atoms. The predicted molar refractivity (Wildman–Crippen MR) is 75.2 cm³/mol. The number of benzene rings is 1. The van der Waals surface area contributed by atoms with Crippen LogP contribution in [-0.2, 0) is 4.74 Å². The molecule has 0 fully saturated rings. The Morgan fingerprint density at radius 2 is 1.83 bits per heavy atom. The number of hydrogen-bond donors (Lipinski definition) is 0. The van der Waals surface area contributed by atoms with Crippen molar-refractivity contribution >= 4 is 5.97 Å². The number of rotatable bonds is 5. The molecular formula is C16H24O2. The lowest BCUT2D eigenvalue weighted by atomic mass is 9.87. The van der Waals surface area contributed by atoms with E-state index in [-0.39, 0.29) is 5.97 Å². The minimum atomic E-state index is -0.227. The smallest absolute Gasteiger partial charge is 0.338 e. The summed E-state index contributed by atoms with van der Waals surface area (Å²) in [7, 11) is 0. The van der Waals surface area contributed by atoms with Gasteiger partial charge in [0.25, 0.3) is 0 Å². The molecule has 1 rings (SSSR count). The Kier molecular flexibility index (Phi) is 5.39.